The third-order valence-electron chi connectivity index (χ3n) is 3.64. The zero-order valence-corrected chi connectivity index (χ0v) is 12.5. The Labute approximate surface area is 123 Å². The van der Waals surface area contributed by atoms with Crippen LogP contribution in [0.2, 0.25) is 0 Å². The number of hydrogen-bond acceptors (Lipinski definition) is 1. The number of fused-ring (bicyclic) bond motifs is 1. The first-order valence-corrected chi connectivity index (χ1v) is 6.88. The van der Waals surface area contributed by atoms with Gasteiger partial charge in [0.05, 0.1) is 11.0 Å². The molecule has 1 unspecified atom stereocenters. The molecule has 0 radical (unpaired) electrons. The molecule has 1 heterocycles. The van der Waals surface area contributed by atoms with Gasteiger partial charge in [-0.05, 0) is 38.7 Å². The van der Waals surface area contributed by atoms with Gasteiger partial charge in [-0.15, -0.1) is 0 Å². The SMILES string of the molecule is CC(Cl)=c1[nH]c2c(c1=C(C)Cl)CCCC2(O)C(F)(F)F. The summed E-state index contributed by atoms with van der Waals surface area (Å²) in [5.74, 6) is 0. The van der Waals surface area contributed by atoms with Crippen LogP contribution in [-0.2, 0) is 12.0 Å². The zero-order chi connectivity index (χ0) is 15.3. The molecule has 1 atom stereocenters. The quantitative estimate of drug-likeness (QED) is 0.755. The van der Waals surface area contributed by atoms with Crippen molar-refractivity contribution in [3.05, 3.63) is 21.8 Å². The second-order valence-corrected chi connectivity index (χ2v) is 6.14. The van der Waals surface area contributed by atoms with Crippen molar-refractivity contribution in [3.63, 3.8) is 0 Å². The fourth-order valence-electron chi connectivity index (χ4n) is 2.71. The largest absolute Gasteiger partial charge is 0.422 e. The molecule has 0 spiro atoms. The summed E-state index contributed by atoms with van der Waals surface area (Å²) >= 11 is 11.9. The van der Waals surface area contributed by atoms with Gasteiger partial charge in [0.25, 0.3) is 0 Å². The van der Waals surface area contributed by atoms with E-state index in [0.29, 0.717) is 32.6 Å². The Bertz CT molecular complexity index is 654. The molecule has 2 rings (SSSR count). The van der Waals surface area contributed by atoms with Gasteiger partial charge in [0, 0.05) is 15.3 Å². The maximum absolute atomic E-state index is 13.2. The molecule has 0 aliphatic heterocycles. The fourth-order valence-corrected chi connectivity index (χ4v) is 3.06. The Morgan fingerprint density at radius 2 is 1.85 bits per heavy atom. The Kier molecular flexibility index (Phi) is 3.91. The first-order chi connectivity index (χ1) is 9.09. The molecule has 0 fully saturated rings. The van der Waals surface area contributed by atoms with Crippen LogP contribution in [0.25, 0.3) is 10.1 Å². The molecule has 20 heavy (non-hydrogen) atoms. The third kappa shape index (κ3) is 2.26. The number of hydrogen-bond donors (Lipinski definition) is 2. The van der Waals surface area contributed by atoms with Crippen molar-refractivity contribution < 1.29 is 18.3 Å². The second kappa shape index (κ2) is 4.97. The molecule has 1 aromatic heterocycles. The first-order valence-electron chi connectivity index (χ1n) is 6.13. The van der Waals surface area contributed by atoms with Crippen molar-refractivity contribution in [2.24, 2.45) is 0 Å². The highest BCUT2D eigenvalue weighted by atomic mass is 35.5. The average molecular weight is 328 g/mol. The molecule has 0 saturated carbocycles. The molecule has 2 nitrogen and oxygen atoms in total. The lowest BCUT2D eigenvalue weighted by Crippen LogP contribution is -2.45. The Morgan fingerprint density at radius 3 is 2.30 bits per heavy atom. The molecular formula is C13H14Cl2F3NO. The highest BCUT2D eigenvalue weighted by Crippen LogP contribution is 2.45. The molecule has 0 amide bonds. The highest BCUT2D eigenvalue weighted by molar-refractivity contribution is 6.45. The molecule has 1 aliphatic rings. The van der Waals surface area contributed by atoms with Gasteiger partial charge in [-0.2, -0.15) is 13.2 Å². The lowest BCUT2D eigenvalue weighted by Gasteiger charge is -2.33. The third-order valence-corrected chi connectivity index (χ3v) is 4.02. The fraction of sp³-hybridized carbons (Fsp3) is 0.538. The minimum absolute atomic E-state index is 0.235. The molecule has 1 aliphatic carbocycles. The van der Waals surface area contributed by atoms with E-state index in [1.54, 1.807) is 13.8 Å². The van der Waals surface area contributed by atoms with E-state index < -0.39 is 11.8 Å². The van der Waals surface area contributed by atoms with Gasteiger partial charge in [0.1, 0.15) is 0 Å². The van der Waals surface area contributed by atoms with Gasteiger partial charge >= 0.3 is 6.18 Å². The Morgan fingerprint density at radius 1 is 1.25 bits per heavy atom. The highest BCUT2D eigenvalue weighted by Gasteiger charge is 2.57. The number of rotatable bonds is 0. The van der Waals surface area contributed by atoms with Crippen LogP contribution in [0.5, 0.6) is 0 Å². The zero-order valence-electron chi connectivity index (χ0n) is 11.0. The lowest BCUT2D eigenvalue weighted by molar-refractivity contribution is -0.272. The van der Waals surface area contributed by atoms with Gasteiger partial charge in [-0.1, -0.05) is 23.2 Å². The normalized spacial score (nSPS) is 26.2. The summed E-state index contributed by atoms with van der Waals surface area (Å²) in [6.07, 6.45) is -4.46. The maximum Gasteiger partial charge on any atom is 0.422 e. The van der Waals surface area contributed by atoms with Crippen LogP contribution in [0.4, 0.5) is 13.2 Å². The first kappa shape index (κ1) is 15.7. The predicted molar refractivity (Wildman–Crippen MR) is 72.8 cm³/mol. The molecule has 1 aromatic rings. The summed E-state index contributed by atoms with van der Waals surface area (Å²) in [5, 5.41) is 11.6. The monoisotopic (exact) mass is 327 g/mol. The van der Waals surface area contributed by atoms with Gasteiger partial charge in [-0.25, -0.2) is 0 Å². The van der Waals surface area contributed by atoms with E-state index in [0.717, 1.165) is 0 Å². The van der Waals surface area contributed by atoms with Crippen molar-refractivity contribution in [3.8, 4) is 0 Å². The Hall–Kier alpha value is -0.650. The van der Waals surface area contributed by atoms with E-state index in [2.05, 4.69) is 4.98 Å². The smallest absolute Gasteiger partial charge is 0.375 e. The molecule has 7 heteroatoms. The van der Waals surface area contributed by atoms with E-state index in [9.17, 15) is 18.3 Å². The maximum atomic E-state index is 13.2. The molecule has 0 bridgehead atoms. The van der Waals surface area contributed by atoms with Gasteiger partial charge in [-0.3, -0.25) is 0 Å². The van der Waals surface area contributed by atoms with E-state index in [1.165, 1.54) is 0 Å². The summed E-state index contributed by atoms with van der Waals surface area (Å²) in [5.41, 5.74) is -2.70. The second-order valence-electron chi connectivity index (χ2n) is 5.01. The minimum atomic E-state index is -4.75. The Balaban J connectivity index is 2.91. The van der Waals surface area contributed by atoms with Crippen LogP contribution in [-0.4, -0.2) is 16.3 Å². The van der Waals surface area contributed by atoms with Crippen LogP contribution in [0.1, 0.15) is 37.9 Å². The van der Waals surface area contributed by atoms with E-state index in [4.69, 9.17) is 23.2 Å². The molecule has 0 aromatic carbocycles. The van der Waals surface area contributed by atoms with Crippen molar-refractivity contribution in [2.45, 2.75) is 44.9 Å². The van der Waals surface area contributed by atoms with Crippen molar-refractivity contribution in [1.82, 2.24) is 4.98 Å². The van der Waals surface area contributed by atoms with Gasteiger partial charge < -0.3 is 10.1 Å². The molecule has 2 N–H and O–H groups in total. The average Bonchev–Trinajstić information content (AvgIpc) is 2.68. The number of nitrogens with one attached hydrogen (secondary N) is 1. The summed E-state index contributed by atoms with van der Waals surface area (Å²) in [4.78, 5) is 2.64. The van der Waals surface area contributed by atoms with Gasteiger partial charge in [0.15, 0.2) is 0 Å². The summed E-state index contributed by atoms with van der Waals surface area (Å²) in [6.45, 7) is 3.16. The standard InChI is InChI=1S/C13H14Cl2F3NO/c1-6(14)9-8-4-3-5-12(20,13(16,17)18)11(8)19-10(9)7(2)15/h19-20H,3-5H2,1-2H3. The van der Waals surface area contributed by atoms with Gasteiger partial charge in [0.2, 0.25) is 5.60 Å². The van der Waals surface area contributed by atoms with Crippen molar-refractivity contribution >= 4 is 33.3 Å². The predicted octanol–water partition coefficient (Wildman–Crippen LogP) is 2.83. The number of H-pyrrole nitrogens is 1. The summed E-state index contributed by atoms with van der Waals surface area (Å²) in [6, 6.07) is 0. The van der Waals surface area contributed by atoms with Crippen molar-refractivity contribution in [2.75, 3.05) is 0 Å². The molecular weight excluding hydrogens is 314 g/mol. The summed E-state index contributed by atoms with van der Waals surface area (Å²) < 4.78 is 39.6. The van der Waals surface area contributed by atoms with Crippen LogP contribution in [0.3, 0.4) is 0 Å². The van der Waals surface area contributed by atoms with Crippen LogP contribution < -0.4 is 10.6 Å². The molecule has 112 valence electrons. The number of aliphatic hydroxyl groups is 1. The van der Waals surface area contributed by atoms with Crippen LogP contribution >= 0.6 is 23.2 Å². The van der Waals surface area contributed by atoms with Crippen LogP contribution in [0.15, 0.2) is 0 Å². The van der Waals surface area contributed by atoms with E-state index >= 15 is 0 Å². The number of aromatic nitrogens is 1. The van der Waals surface area contributed by atoms with Crippen LogP contribution in [0, 0.1) is 0 Å². The van der Waals surface area contributed by atoms with E-state index in [1.807, 2.05) is 0 Å². The molecule has 0 saturated heterocycles. The topological polar surface area (TPSA) is 36.0 Å². The minimum Gasteiger partial charge on any atom is -0.375 e. The van der Waals surface area contributed by atoms with Crippen molar-refractivity contribution in [1.29, 1.82) is 0 Å². The lowest BCUT2D eigenvalue weighted by atomic mass is 9.83. The summed E-state index contributed by atoms with van der Waals surface area (Å²) in [7, 11) is 0. The number of alkyl halides is 3. The number of aromatic amines is 1. The number of halogens is 5. The van der Waals surface area contributed by atoms with E-state index in [-0.39, 0.29) is 18.5 Å².